The molecule has 0 saturated heterocycles. The minimum Gasteiger partial charge on any atom is -0.203 e. The summed E-state index contributed by atoms with van der Waals surface area (Å²) in [5.74, 6) is -47.2. The zero-order valence-electron chi connectivity index (χ0n) is 23.9. The lowest BCUT2D eigenvalue weighted by Gasteiger charge is -2.14. The van der Waals surface area contributed by atoms with Crippen molar-refractivity contribution >= 4 is 22.7 Å². The molecule has 0 spiro atoms. The summed E-state index contributed by atoms with van der Waals surface area (Å²) in [7, 11) is 0. The van der Waals surface area contributed by atoms with Crippen molar-refractivity contribution in [3.63, 3.8) is 0 Å². The molecule has 20 heteroatoms. The Balaban J connectivity index is 1.42. The van der Waals surface area contributed by atoms with Gasteiger partial charge in [-0.3, -0.25) is 0 Å². The van der Waals surface area contributed by atoms with E-state index in [1.165, 1.54) is 0 Å². The number of benzene rings is 4. The van der Waals surface area contributed by atoms with E-state index in [2.05, 4.69) is 0 Å². The molecule has 270 valence electrons. The van der Waals surface area contributed by atoms with Gasteiger partial charge in [0, 0.05) is 19.5 Å². The lowest BCUT2D eigenvalue weighted by Crippen LogP contribution is -2.09. The summed E-state index contributed by atoms with van der Waals surface area (Å²) in [5.41, 5.74) is -12.3. The topological polar surface area (TPSA) is 0 Å². The molecule has 0 saturated carbocycles. The van der Waals surface area contributed by atoms with Crippen LogP contribution < -0.4 is 0 Å². The SMILES string of the molecule is Fc1c(F)c(F)c(-c2c(F)c(F)c(-c3ccc(-c4ccc(-c5c(F)c(F)c(-c6c(F)c(F)c(F)c(F)c6F)c(F)c5F)s4)s3)c(F)c2F)c(F)c1F. The fourth-order valence-electron chi connectivity index (χ4n) is 4.99. The third-order valence-electron chi connectivity index (χ3n) is 7.39. The van der Waals surface area contributed by atoms with Crippen molar-refractivity contribution in [2.75, 3.05) is 0 Å². The van der Waals surface area contributed by atoms with Gasteiger partial charge in [-0.2, -0.15) is 0 Å². The van der Waals surface area contributed by atoms with E-state index in [0.717, 1.165) is 24.3 Å². The Morgan fingerprint density at radius 3 is 0.577 bits per heavy atom. The number of hydrogen-bond donors (Lipinski definition) is 0. The highest BCUT2D eigenvalue weighted by atomic mass is 32.1. The quantitative estimate of drug-likeness (QED) is 0.0926. The van der Waals surface area contributed by atoms with E-state index in [9.17, 15) is 43.9 Å². The van der Waals surface area contributed by atoms with Gasteiger partial charge >= 0.3 is 0 Å². The summed E-state index contributed by atoms with van der Waals surface area (Å²) in [4.78, 5) is -1.67. The molecule has 0 bridgehead atoms. The van der Waals surface area contributed by atoms with Gasteiger partial charge in [0.15, 0.2) is 93.1 Å². The molecule has 4 aromatic carbocycles. The average molecular weight is 794 g/mol. The minimum absolute atomic E-state index is 0.144. The van der Waals surface area contributed by atoms with Gasteiger partial charge < -0.3 is 0 Å². The molecule has 52 heavy (non-hydrogen) atoms. The monoisotopic (exact) mass is 794 g/mol. The first kappa shape index (κ1) is 36.8. The second-order valence-corrected chi connectivity index (χ2v) is 12.4. The minimum atomic E-state index is -2.77. The molecule has 6 rings (SSSR count). The molecule has 0 unspecified atom stereocenters. The predicted molar refractivity (Wildman–Crippen MR) is 149 cm³/mol. The van der Waals surface area contributed by atoms with Crippen molar-refractivity contribution in [2.24, 2.45) is 0 Å². The molecule has 0 fully saturated rings. The highest BCUT2D eigenvalue weighted by molar-refractivity contribution is 7.25. The summed E-state index contributed by atoms with van der Waals surface area (Å²) in [6.07, 6.45) is 0. The maximum Gasteiger partial charge on any atom is 0.200 e. The highest BCUT2D eigenvalue weighted by Crippen LogP contribution is 2.47. The zero-order chi connectivity index (χ0) is 38.4. The molecular formula is C32H4F18S2. The average Bonchev–Trinajstić information content (AvgIpc) is 3.80. The van der Waals surface area contributed by atoms with Gasteiger partial charge in [0.05, 0.1) is 33.4 Å². The number of thiophene rings is 2. The Bertz CT molecular complexity index is 2230. The first-order chi connectivity index (χ1) is 24.3. The van der Waals surface area contributed by atoms with Crippen molar-refractivity contribution in [1.29, 1.82) is 0 Å². The first-order valence-corrected chi connectivity index (χ1v) is 14.9. The smallest absolute Gasteiger partial charge is 0.200 e. The molecule has 0 N–H and O–H groups in total. The standard InChI is InChI=1S/C32H4F18S2/c33-15-9(16(34)20(38)11(19(15)37)13-23(41)27(45)31(49)28(46)24(13)42)7-3-1-5(51-7)6-2-4-8(52-6)10-17(35)21(39)12(22(40)18(10)36)14-25(43)29(47)32(50)30(48)26(14)44/h1-4H. The van der Waals surface area contributed by atoms with E-state index in [0.29, 0.717) is 0 Å². The van der Waals surface area contributed by atoms with Crippen LogP contribution in [0.15, 0.2) is 24.3 Å². The maximum absolute atomic E-state index is 15.1. The Morgan fingerprint density at radius 1 is 0.192 bits per heavy atom. The number of rotatable bonds is 5. The second-order valence-electron chi connectivity index (χ2n) is 10.2. The van der Waals surface area contributed by atoms with Crippen molar-refractivity contribution in [1.82, 2.24) is 0 Å². The molecule has 6 aromatic rings. The van der Waals surface area contributed by atoms with E-state index >= 15 is 35.1 Å². The van der Waals surface area contributed by atoms with Crippen molar-refractivity contribution in [3.8, 4) is 52.9 Å². The van der Waals surface area contributed by atoms with E-state index in [1.807, 2.05) is 0 Å². The van der Waals surface area contributed by atoms with Gasteiger partial charge in [0.2, 0.25) is 11.6 Å². The normalized spacial score (nSPS) is 11.7. The molecule has 0 radical (unpaired) electrons. The van der Waals surface area contributed by atoms with Crippen molar-refractivity contribution in [2.45, 2.75) is 0 Å². The van der Waals surface area contributed by atoms with Gasteiger partial charge in [0.25, 0.3) is 0 Å². The van der Waals surface area contributed by atoms with Crippen LogP contribution in [0.4, 0.5) is 79.0 Å². The van der Waals surface area contributed by atoms with Crippen LogP contribution in [-0.2, 0) is 0 Å². The molecule has 0 atom stereocenters. The summed E-state index contributed by atoms with van der Waals surface area (Å²) in [6, 6.07) is 3.58. The molecular weight excluding hydrogens is 790 g/mol. The Kier molecular flexibility index (Phi) is 9.13. The number of hydrogen-bond acceptors (Lipinski definition) is 2. The lowest BCUT2D eigenvalue weighted by atomic mass is 9.98. The Morgan fingerprint density at radius 2 is 0.346 bits per heavy atom. The second kappa shape index (κ2) is 12.9. The van der Waals surface area contributed by atoms with Crippen LogP contribution in [0.1, 0.15) is 0 Å². The molecule has 0 aliphatic rings. The largest absolute Gasteiger partial charge is 0.203 e. The van der Waals surface area contributed by atoms with Crippen LogP contribution in [-0.4, -0.2) is 0 Å². The highest BCUT2D eigenvalue weighted by Gasteiger charge is 2.37. The lowest BCUT2D eigenvalue weighted by molar-refractivity contribution is 0.379. The van der Waals surface area contributed by atoms with E-state index in [4.69, 9.17) is 0 Å². The zero-order valence-corrected chi connectivity index (χ0v) is 25.6. The van der Waals surface area contributed by atoms with Crippen molar-refractivity contribution in [3.05, 3.63) is 129 Å². The molecule has 0 nitrogen and oxygen atoms in total. The van der Waals surface area contributed by atoms with E-state index in [-0.39, 0.29) is 32.4 Å². The van der Waals surface area contributed by atoms with E-state index in [1.54, 1.807) is 0 Å². The van der Waals surface area contributed by atoms with Crippen LogP contribution in [0.25, 0.3) is 52.9 Å². The molecule has 0 amide bonds. The van der Waals surface area contributed by atoms with Crippen molar-refractivity contribution < 1.29 is 79.0 Å². The summed E-state index contributed by atoms with van der Waals surface area (Å²) in [5, 5.41) is 0. The van der Waals surface area contributed by atoms with Gasteiger partial charge in [0.1, 0.15) is 0 Å². The van der Waals surface area contributed by atoms with Gasteiger partial charge in [-0.25, -0.2) is 79.0 Å². The predicted octanol–water partition coefficient (Wildman–Crippen LogP) is 12.6. The maximum atomic E-state index is 15.1. The third kappa shape index (κ3) is 5.24. The van der Waals surface area contributed by atoms with Crippen LogP contribution in [0.2, 0.25) is 0 Å². The van der Waals surface area contributed by atoms with Gasteiger partial charge in [-0.15, -0.1) is 22.7 Å². The van der Waals surface area contributed by atoms with E-state index < -0.39 is 148 Å². The van der Waals surface area contributed by atoms with Crippen LogP contribution in [0.3, 0.4) is 0 Å². The third-order valence-corrected chi connectivity index (χ3v) is 9.80. The molecule has 0 aliphatic carbocycles. The Hall–Kier alpha value is -4.98. The fraction of sp³-hybridized carbons (Fsp3) is 0. The summed E-state index contributed by atoms with van der Waals surface area (Å²) < 4.78 is 259. The van der Waals surface area contributed by atoms with Crippen LogP contribution >= 0.6 is 22.7 Å². The fourth-order valence-corrected chi connectivity index (χ4v) is 7.16. The Labute approximate surface area is 283 Å². The molecule has 2 heterocycles. The molecule has 0 aliphatic heterocycles. The van der Waals surface area contributed by atoms with Crippen LogP contribution in [0, 0.1) is 105 Å². The van der Waals surface area contributed by atoms with Gasteiger partial charge in [-0.1, -0.05) is 0 Å². The summed E-state index contributed by atoms with van der Waals surface area (Å²) in [6.45, 7) is 0. The summed E-state index contributed by atoms with van der Waals surface area (Å²) >= 11 is 0.577. The molecule has 2 aromatic heterocycles. The number of halogens is 18. The van der Waals surface area contributed by atoms with Crippen LogP contribution in [0.5, 0.6) is 0 Å². The van der Waals surface area contributed by atoms with Gasteiger partial charge in [-0.05, 0) is 24.3 Å². The first-order valence-electron chi connectivity index (χ1n) is 13.3.